The molecule has 150 valence electrons. The molecule has 0 spiro atoms. The van der Waals surface area contributed by atoms with Crippen molar-refractivity contribution in [2.24, 2.45) is 0 Å². The Hall–Kier alpha value is -1.76. The molecule has 1 heterocycles. The lowest BCUT2D eigenvalue weighted by molar-refractivity contribution is -0.129. The third-order valence-corrected chi connectivity index (χ3v) is 7.29. The maximum Gasteiger partial charge on any atom is 0.264 e. The van der Waals surface area contributed by atoms with Crippen molar-refractivity contribution in [3.63, 3.8) is 0 Å². The van der Waals surface area contributed by atoms with Gasteiger partial charge in [-0.1, -0.05) is 54.2 Å². The Morgan fingerprint density at radius 3 is 2.18 bits per heavy atom. The zero-order valence-corrected chi connectivity index (χ0v) is 17.7. The van der Waals surface area contributed by atoms with Crippen LogP contribution in [0.4, 0.5) is 5.69 Å². The Kier molecular flexibility index (Phi) is 6.86. The van der Waals surface area contributed by atoms with Crippen LogP contribution in [0, 0.1) is 0 Å². The van der Waals surface area contributed by atoms with Gasteiger partial charge in [0.15, 0.2) is 0 Å². The van der Waals surface area contributed by atoms with E-state index < -0.39 is 10.0 Å². The predicted molar refractivity (Wildman–Crippen MR) is 112 cm³/mol. The molecule has 8 heteroatoms. The fourth-order valence-corrected chi connectivity index (χ4v) is 4.94. The Morgan fingerprint density at radius 2 is 1.57 bits per heavy atom. The summed E-state index contributed by atoms with van der Waals surface area (Å²) >= 11 is 12.1. The second-order valence-corrected chi connectivity index (χ2v) is 9.39. The zero-order chi connectivity index (χ0) is 20.1. The number of carbonyl (C=O) groups excluding carboxylic acids is 1. The molecular weight excluding hydrogens is 419 g/mol. The summed E-state index contributed by atoms with van der Waals surface area (Å²) in [6, 6.07) is 12.6. The summed E-state index contributed by atoms with van der Waals surface area (Å²) in [4.78, 5) is 14.8. The number of nitrogens with zero attached hydrogens (tertiary/aromatic N) is 2. The fourth-order valence-electron chi connectivity index (χ4n) is 3.22. The molecular formula is C20H22Cl2N2O3S. The standard InChI is InChI=1S/C20H22Cl2N2O3S/c21-18-11-10-16(14-19(18)22)24(28(26,27)17-8-4-3-5-9-17)15-20(25)23-12-6-1-2-7-13-23/h3-5,8-11,14H,1-2,6-7,12-13,15H2. The van der Waals surface area contributed by atoms with Gasteiger partial charge in [0.05, 0.1) is 20.6 Å². The molecule has 0 aliphatic carbocycles. The lowest BCUT2D eigenvalue weighted by atomic mass is 10.2. The second-order valence-electron chi connectivity index (χ2n) is 6.72. The number of halogens is 2. The van der Waals surface area contributed by atoms with Crippen LogP contribution in [-0.2, 0) is 14.8 Å². The van der Waals surface area contributed by atoms with Crippen LogP contribution in [0.5, 0.6) is 0 Å². The first-order valence-corrected chi connectivity index (χ1v) is 11.4. The smallest absolute Gasteiger partial charge is 0.264 e. The highest BCUT2D eigenvalue weighted by Crippen LogP contribution is 2.30. The van der Waals surface area contributed by atoms with Crippen molar-refractivity contribution in [3.8, 4) is 0 Å². The molecule has 0 unspecified atom stereocenters. The highest BCUT2D eigenvalue weighted by atomic mass is 35.5. The van der Waals surface area contributed by atoms with Gasteiger partial charge in [-0.05, 0) is 43.2 Å². The number of amides is 1. The number of hydrogen-bond donors (Lipinski definition) is 0. The van der Waals surface area contributed by atoms with Crippen molar-refractivity contribution in [1.82, 2.24) is 4.90 Å². The molecule has 0 saturated carbocycles. The van der Waals surface area contributed by atoms with E-state index in [0.29, 0.717) is 23.8 Å². The summed E-state index contributed by atoms with van der Waals surface area (Å²) < 4.78 is 27.7. The molecule has 0 aromatic heterocycles. The number of benzene rings is 2. The topological polar surface area (TPSA) is 57.7 Å². The lowest BCUT2D eigenvalue weighted by Gasteiger charge is -2.28. The molecule has 0 atom stereocenters. The first-order chi connectivity index (χ1) is 13.4. The van der Waals surface area contributed by atoms with Gasteiger partial charge < -0.3 is 4.90 Å². The zero-order valence-electron chi connectivity index (χ0n) is 15.4. The monoisotopic (exact) mass is 440 g/mol. The predicted octanol–water partition coefficient (Wildman–Crippen LogP) is 4.59. The quantitative estimate of drug-likeness (QED) is 0.682. The van der Waals surface area contributed by atoms with Crippen LogP contribution in [0.2, 0.25) is 10.0 Å². The Labute approximate surface area is 175 Å². The highest BCUT2D eigenvalue weighted by molar-refractivity contribution is 7.92. The van der Waals surface area contributed by atoms with E-state index in [-0.39, 0.29) is 22.4 Å². The van der Waals surface area contributed by atoms with Crippen LogP contribution in [0.3, 0.4) is 0 Å². The van der Waals surface area contributed by atoms with Crippen LogP contribution in [-0.4, -0.2) is 38.9 Å². The molecule has 28 heavy (non-hydrogen) atoms. The van der Waals surface area contributed by atoms with E-state index in [0.717, 1.165) is 30.0 Å². The van der Waals surface area contributed by atoms with Gasteiger partial charge in [-0.15, -0.1) is 0 Å². The average molecular weight is 441 g/mol. The molecule has 2 aromatic rings. The van der Waals surface area contributed by atoms with E-state index in [1.54, 1.807) is 29.2 Å². The fraction of sp³-hybridized carbons (Fsp3) is 0.350. The van der Waals surface area contributed by atoms with E-state index in [4.69, 9.17) is 23.2 Å². The lowest BCUT2D eigenvalue weighted by Crippen LogP contribution is -2.43. The van der Waals surface area contributed by atoms with Crippen molar-refractivity contribution >= 4 is 44.8 Å². The Morgan fingerprint density at radius 1 is 0.929 bits per heavy atom. The first kappa shape index (κ1) is 21.0. The van der Waals surface area contributed by atoms with Crippen LogP contribution in [0.25, 0.3) is 0 Å². The van der Waals surface area contributed by atoms with Gasteiger partial charge in [-0.25, -0.2) is 8.42 Å². The average Bonchev–Trinajstić information content (AvgIpc) is 2.98. The summed E-state index contributed by atoms with van der Waals surface area (Å²) in [5, 5.41) is 0.552. The van der Waals surface area contributed by atoms with E-state index in [1.165, 1.54) is 24.3 Å². The van der Waals surface area contributed by atoms with Crippen molar-refractivity contribution < 1.29 is 13.2 Å². The van der Waals surface area contributed by atoms with Crippen molar-refractivity contribution in [2.75, 3.05) is 23.9 Å². The number of anilines is 1. The molecule has 0 radical (unpaired) electrons. The van der Waals surface area contributed by atoms with Gasteiger partial charge in [-0.2, -0.15) is 0 Å². The first-order valence-electron chi connectivity index (χ1n) is 9.20. The second kappa shape index (κ2) is 9.16. The summed E-state index contributed by atoms with van der Waals surface area (Å²) in [6.45, 7) is 1.02. The molecule has 5 nitrogen and oxygen atoms in total. The van der Waals surface area contributed by atoms with Crippen molar-refractivity contribution in [3.05, 3.63) is 58.6 Å². The van der Waals surface area contributed by atoms with Gasteiger partial charge in [0, 0.05) is 13.1 Å². The summed E-state index contributed by atoms with van der Waals surface area (Å²) in [5.74, 6) is -0.215. The van der Waals surface area contributed by atoms with E-state index in [2.05, 4.69) is 0 Å². The van der Waals surface area contributed by atoms with Crippen molar-refractivity contribution in [2.45, 2.75) is 30.6 Å². The summed E-state index contributed by atoms with van der Waals surface area (Å²) in [5.41, 5.74) is 0.307. The molecule has 0 N–H and O–H groups in total. The SMILES string of the molecule is O=C(CN(c1ccc(Cl)c(Cl)c1)S(=O)(=O)c1ccccc1)N1CCCCCC1. The maximum atomic E-state index is 13.3. The molecule has 1 saturated heterocycles. The van der Waals surface area contributed by atoms with Gasteiger partial charge in [0.2, 0.25) is 5.91 Å². The van der Waals surface area contributed by atoms with Crippen molar-refractivity contribution in [1.29, 1.82) is 0 Å². The normalized spacial score (nSPS) is 15.1. The maximum absolute atomic E-state index is 13.3. The third-order valence-electron chi connectivity index (χ3n) is 4.76. The Balaban J connectivity index is 1.96. The number of sulfonamides is 1. The number of likely N-dealkylation sites (tertiary alicyclic amines) is 1. The molecule has 0 bridgehead atoms. The minimum Gasteiger partial charge on any atom is -0.341 e. The number of rotatable bonds is 5. The van der Waals surface area contributed by atoms with E-state index >= 15 is 0 Å². The minimum atomic E-state index is -3.94. The Bertz CT molecular complexity index is 928. The van der Waals surface area contributed by atoms with Crippen LogP contribution >= 0.6 is 23.2 Å². The van der Waals surface area contributed by atoms with Gasteiger partial charge in [-0.3, -0.25) is 9.10 Å². The van der Waals surface area contributed by atoms with Crippen LogP contribution in [0.15, 0.2) is 53.4 Å². The van der Waals surface area contributed by atoms with E-state index in [1.807, 2.05) is 0 Å². The summed E-state index contributed by atoms with van der Waals surface area (Å²) in [6.07, 6.45) is 4.04. The number of hydrogen-bond acceptors (Lipinski definition) is 3. The van der Waals surface area contributed by atoms with E-state index in [9.17, 15) is 13.2 Å². The summed E-state index contributed by atoms with van der Waals surface area (Å²) in [7, 11) is -3.94. The number of carbonyl (C=O) groups is 1. The molecule has 1 aliphatic heterocycles. The molecule has 3 rings (SSSR count). The third kappa shape index (κ3) is 4.80. The molecule has 1 aliphatic rings. The molecule has 1 amide bonds. The van der Waals surface area contributed by atoms with Crippen LogP contribution in [0.1, 0.15) is 25.7 Å². The highest BCUT2D eigenvalue weighted by Gasteiger charge is 2.29. The van der Waals surface area contributed by atoms with Gasteiger partial charge in [0.1, 0.15) is 6.54 Å². The largest absolute Gasteiger partial charge is 0.341 e. The minimum absolute atomic E-state index is 0.115. The van der Waals surface area contributed by atoms with Crippen LogP contribution < -0.4 is 4.31 Å². The van der Waals surface area contributed by atoms with Gasteiger partial charge >= 0.3 is 0 Å². The molecule has 1 fully saturated rings. The molecule has 2 aromatic carbocycles. The van der Waals surface area contributed by atoms with Gasteiger partial charge in [0.25, 0.3) is 10.0 Å².